The van der Waals surface area contributed by atoms with Gasteiger partial charge in [-0.15, -0.1) is 0 Å². The zero-order valence-corrected chi connectivity index (χ0v) is 14.9. The molecule has 7 nitrogen and oxygen atoms in total. The van der Waals surface area contributed by atoms with E-state index in [0.717, 1.165) is 5.69 Å². The molecule has 0 spiro atoms. The second-order valence-electron chi connectivity index (χ2n) is 4.75. The standard InChI is InChI=1S/C16H16N6OS2/c1-11(13-9-5-6-10-17-13)19-21-16(25)22-20-15(24)18-14(23)12-7-3-2-4-8-12/h2-10H,1H3,(H2,21,22,25)(H2,18,20,23,24)/b19-11+. The molecule has 2 rings (SSSR count). The quantitative estimate of drug-likeness (QED) is 0.369. The largest absolute Gasteiger partial charge is 0.298 e. The van der Waals surface area contributed by atoms with E-state index in [9.17, 15) is 4.79 Å². The second kappa shape index (κ2) is 9.40. The first-order valence-corrected chi connectivity index (χ1v) is 8.06. The van der Waals surface area contributed by atoms with Crippen molar-refractivity contribution < 1.29 is 4.79 Å². The van der Waals surface area contributed by atoms with Crippen LogP contribution in [0.2, 0.25) is 0 Å². The number of benzene rings is 1. The van der Waals surface area contributed by atoms with Crippen molar-refractivity contribution in [2.24, 2.45) is 5.10 Å². The van der Waals surface area contributed by atoms with Gasteiger partial charge in [0.2, 0.25) is 5.11 Å². The van der Waals surface area contributed by atoms with Crippen LogP contribution in [0.3, 0.4) is 0 Å². The first-order valence-electron chi connectivity index (χ1n) is 7.24. The van der Waals surface area contributed by atoms with E-state index in [1.807, 2.05) is 24.3 Å². The number of hydrogen-bond donors (Lipinski definition) is 4. The summed E-state index contributed by atoms with van der Waals surface area (Å²) in [6, 6.07) is 14.3. The Morgan fingerprint density at radius 2 is 1.68 bits per heavy atom. The number of nitrogens with zero attached hydrogens (tertiary/aromatic N) is 2. The van der Waals surface area contributed by atoms with Gasteiger partial charge in [0.1, 0.15) is 0 Å². The van der Waals surface area contributed by atoms with E-state index in [2.05, 4.69) is 31.7 Å². The van der Waals surface area contributed by atoms with Crippen molar-refractivity contribution in [1.82, 2.24) is 26.6 Å². The maximum atomic E-state index is 11.9. The Morgan fingerprint density at radius 1 is 1.00 bits per heavy atom. The molecule has 1 amide bonds. The van der Waals surface area contributed by atoms with Crippen molar-refractivity contribution in [3.05, 3.63) is 66.0 Å². The number of nitrogens with one attached hydrogen (secondary N) is 4. The molecule has 0 aliphatic rings. The fourth-order valence-corrected chi connectivity index (χ4v) is 1.95. The average molecular weight is 372 g/mol. The molecule has 0 bridgehead atoms. The van der Waals surface area contributed by atoms with Crippen LogP contribution in [-0.2, 0) is 0 Å². The molecular formula is C16H16N6OS2. The van der Waals surface area contributed by atoms with Gasteiger partial charge in [0, 0.05) is 11.8 Å². The molecule has 0 saturated heterocycles. The molecule has 0 aliphatic heterocycles. The number of amides is 1. The Hall–Kier alpha value is -2.91. The summed E-state index contributed by atoms with van der Waals surface area (Å²) < 4.78 is 0. The third kappa shape index (κ3) is 6.24. The normalized spacial score (nSPS) is 10.5. The Balaban J connectivity index is 1.76. The van der Waals surface area contributed by atoms with Gasteiger partial charge >= 0.3 is 0 Å². The highest BCUT2D eigenvalue weighted by Gasteiger charge is 2.06. The average Bonchev–Trinajstić information content (AvgIpc) is 2.65. The number of hydrogen-bond acceptors (Lipinski definition) is 5. The van der Waals surface area contributed by atoms with Gasteiger partial charge in [-0.05, 0) is 55.6 Å². The lowest BCUT2D eigenvalue weighted by atomic mass is 10.2. The van der Waals surface area contributed by atoms with E-state index in [1.165, 1.54) is 0 Å². The maximum Gasteiger partial charge on any atom is 0.257 e. The Labute approximate surface area is 155 Å². The molecule has 1 heterocycles. The Morgan fingerprint density at radius 3 is 2.36 bits per heavy atom. The smallest absolute Gasteiger partial charge is 0.257 e. The van der Waals surface area contributed by atoms with Crippen LogP contribution in [-0.4, -0.2) is 26.8 Å². The molecule has 0 radical (unpaired) electrons. The van der Waals surface area contributed by atoms with Gasteiger partial charge in [-0.1, -0.05) is 24.3 Å². The minimum absolute atomic E-state index is 0.0865. The van der Waals surface area contributed by atoms with Gasteiger partial charge in [0.05, 0.1) is 11.4 Å². The molecule has 2 aromatic rings. The van der Waals surface area contributed by atoms with E-state index < -0.39 is 0 Å². The van der Waals surface area contributed by atoms with E-state index >= 15 is 0 Å². The SMILES string of the molecule is C/C(=N\NC(=S)NNC(=S)NC(=O)c1ccccc1)c1ccccn1. The lowest BCUT2D eigenvalue weighted by Gasteiger charge is -2.12. The van der Waals surface area contributed by atoms with Gasteiger partial charge in [0.25, 0.3) is 5.91 Å². The second-order valence-corrected chi connectivity index (χ2v) is 5.57. The lowest BCUT2D eigenvalue weighted by Crippen LogP contribution is -2.50. The summed E-state index contributed by atoms with van der Waals surface area (Å²) in [5.41, 5.74) is 9.80. The first-order chi connectivity index (χ1) is 12.1. The van der Waals surface area contributed by atoms with Gasteiger partial charge in [-0.2, -0.15) is 5.10 Å². The minimum atomic E-state index is -0.317. The lowest BCUT2D eigenvalue weighted by molar-refractivity contribution is 0.0976. The summed E-state index contributed by atoms with van der Waals surface area (Å²) in [6.07, 6.45) is 1.68. The number of carbonyl (C=O) groups excluding carboxylic acids is 1. The van der Waals surface area contributed by atoms with Crippen LogP contribution in [0.15, 0.2) is 59.8 Å². The number of carbonyl (C=O) groups is 1. The van der Waals surface area contributed by atoms with Crippen molar-refractivity contribution in [2.75, 3.05) is 0 Å². The van der Waals surface area contributed by atoms with Crippen molar-refractivity contribution in [3.8, 4) is 0 Å². The Bertz CT molecular complexity index is 780. The fourth-order valence-electron chi connectivity index (χ4n) is 1.71. The van der Waals surface area contributed by atoms with Crippen LogP contribution >= 0.6 is 24.4 Å². The fraction of sp³-hybridized carbons (Fsp3) is 0.0625. The third-order valence-electron chi connectivity index (χ3n) is 2.91. The highest BCUT2D eigenvalue weighted by Crippen LogP contribution is 1.97. The highest BCUT2D eigenvalue weighted by atomic mass is 32.1. The molecule has 0 atom stereocenters. The Kier molecular flexibility index (Phi) is 6.93. The molecule has 128 valence electrons. The summed E-state index contributed by atoms with van der Waals surface area (Å²) >= 11 is 10.1. The van der Waals surface area contributed by atoms with E-state index in [0.29, 0.717) is 11.3 Å². The van der Waals surface area contributed by atoms with Crippen LogP contribution in [0.5, 0.6) is 0 Å². The molecule has 0 aliphatic carbocycles. The summed E-state index contributed by atoms with van der Waals surface area (Å²) in [5, 5.41) is 6.91. The van der Waals surface area contributed by atoms with Crippen molar-refractivity contribution in [3.63, 3.8) is 0 Å². The van der Waals surface area contributed by atoms with Crippen LogP contribution in [0, 0.1) is 0 Å². The van der Waals surface area contributed by atoms with Crippen LogP contribution in [0.25, 0.3) is 0 Å². The summed E-state index contributed by atoms with van der Waals surface area (Å²) in [7, 11) is 0. The molecule has 1 aromatic carbocycles. The van der Waals surface area contributed by atoms with E-state index in [4.69, 9.17) is 24.4 Å². The van der Waals surface area contributed by atoms with Gasteiger partial charge in [-0.25, -0.2) is 0 Å². The number of pyridine rings is 1. The maximum absolute atomic E-state index is 11.9. The van der Waals surface area contributed by atoms with Crippen molar-refractivity contribution in [2.45, 2.75) is 6.92 Å². The molecule has 9 heteroatoms. The molecule has 4 N–H and O–H groups in total. The molecule has 25 heavy (non-hydrogen) atoms. The molecular weight excluding hydrogens is 356 g/mol. The predicted molar refractivity (Wildman–Crippen MR) is 105 cm³/mol. The van der Waals surface area contributed by atoms with Crippen LogP contribution < -0.4 is 21.6 Å². The molecule has 0 unspecified atom stereocenters. The number of hydrazone groups is 1. The van der Waals surface area contributed by atoms with Crippen LogP contribution in [0.1, 0.15) is 23.0 Å². The van der Waals surface area contributed by atoms with Gasteiger partial charge in [-0.3, -0.25) is 31.4 Å². The number of hydrazine groups is 1. The predicted octanol–water partition coefficient (Wildman–Crippen LogP) is 1.49. The van der Waals surface area contributed by atoms with Crippen LogP contribution in [0.4, 0.5) is 0 Å². The van der Waals surface area contributed by atoms with E-state index in [-0.39, 0.29) is 16.1 Å². The van der Waals surface area contributed by atoms with Crippen molar-refractivity contribution >= 4 is 46.3 Å². The zero-order chi connectivity index (χ0) is 18.1. The van der Waals surface area contributed by atoms with Gasteiger partial charge < -0.3 is 0 Å². The summed E-state index contributed by atoms with van der Waals surface area (Å²) in [5.74, 6) is -0.317. The molecule has 0 fully saturated rings. The summed E-state index contributed by atoms with van der Waals surface area (Å²) in [4.78, 5) is 16.1. The highest BCUT2D eigenvalue weighted by molar-refractivity contribution is 7.80. The first kappa shape index (κ1) is 18.4. The monoisotopic (exact) mass is 372 g/mol. The van der Waals surface area contributed by atoms with Gasteiger partial charge in [0.15, 0.2) is 5.11 Å². The topological polar surface area (TPSA) is 90.4 Å². The van der Waals surface area contributed by atoms with E-state index in [1.54, 1.807) is 37.4 Å². The zero-order valence-electron chi connectivity index (χ0n) is 13.3. The number of rotatable bonds is 3. The number of aromatic nitrogens is 1. The third-order valence-corrected chi connectivity index (χ3v) is 3.31. The molecule has 1 aromatic heterocycles. The molecule has 0 saturated carbocycles. The minimum Gasteiger partial charge on any atom is -0.298 e. The number of thiocarbonyl (C=S) groups is 2. The van der Waals surface area contributed by atoms with Crippen molar-refractivity contribution in [1.29, 1.82) is 0 Å². The summed E-state index contributed by atoms with van der Waals surface area (Å²) in [6.45, 7) is 1.80.